The van der Waals surface area contributed by atoms with Gasteiger partial charge in [-0.25, -0.2) is 4.79 Å². The molecule has 218 valence electrons. The van der Waals surface area contributed by atoms with Gasteiger partial charge in [0.2, 0.25) is 5.91 Å². The summed E-state index contributed by atoms with van der Waals surface area (Å²) < 4.78 is 5.45. The Bertz CT molecular complexity index is 1310. The number of phenolic OH excluding ortho intramolecular Hbond substituents is 1. The fourth-order valence-electron chi connectivity index (χ4n) is 5.28. The number of fused-ring (bicyclic) bond motifs is 1. The molecule has 41 heavy (non-hydrogen) atoms. The van der Waals surface area contributed by atoms with E-state index in [2.05, 4.69) is 10.6 Å². The summed E-state index contributed by atoms with van der Waals surface area (Å²) >= 11 is 0. The van der Waals surface area contributed by atoms with Gasteiger partial charge in [0.25, 0.3) is 0 Å². The minimum Gasteiger partial charge on any atom is -0.508 e. The normalized spacial score (nSPS) is 18.6. The molecule has 0 heterocycles. The number of rotatable bonds is 10. The van der Waals surface area contributed by atoms with Crippen molar-refractivity contribution in [1.82, 2.24) is 10.6 Å². The molecule has 3 aromatic carbocycles. The Hall–Kier alpha value is -3.88. The molecule has 0 aromatic heterocycles. The van der Waals surface area contributed by atoms with Gasteiger partial charge in [0.1, 0.15) is 11.4 Å². The van der Waals surface area contributed by atoms with Gasteiger partial charge >= 0.3 is 6.09 Å². The highest BCUT2D eigenvalue weighted by Gasteiger charge is 2.35. The van der Waals surface area contributed by atoms with Crippen LogP contribution < -0.4 is 10.6 Å². The van der Waals surface area contributed by atoms with E-state index in [0.29, 0.717) is 12.8 Å². The van der Waals surface area contributed by atoms with E-state index in [1.54, 1.807) is 45.0 Å². The average molecular weight is 561 g/mol. The van der Waals surface area contributed by atoms with Crippen LogP contribution in [-0.4, -0.2) is 51.2 Å². The number of aliphatic hydroxyl groups is 2. The number of ether oxygens (including phenoxy) is 1. The molecule has 0 aliphatic heterocycles. The van der Waals surface area contributed by atoms with E-state index < -0.39 is 41.9 Å². The zero-order chi connectivity index (χ0) is 29.6. The number of amides is 2. The van der Waals surface area contributed by atoms with Gasteiger partial charge in [-0.15, -0.1) is 0 Å². The first-order valence-electron chi connectivity index (χ1n) is 14.0. The Morgan fingerprint density at radius 1 is 0.927 bits per heavy atom. The molecule has 3 unspecified atom stereocenters. The largest absolute Gasteiger partial charge is 0.508 e. The first-order chi connectivity index (χ1) is 19.5. The number of carbonyl (C=O) groups is 2. The number of hydrogen-bond donors (Lipinski definition) is 5. The summed E-state index contributed by atoms with van der Waals surface area (Å²) in [6.45, 7) is 5.27. The lowest BCUT2D eigenvalue weighted by Crippen LogP contribution is -2.48. The molecule has 2 amide bonds. The van der Waals surface area contributed by atoms with Crippen molar-refractivity contribution in [2.45, 2.75) is 76.3 Å². The van der Waals surface area contributed by atoms with Crippen molar-refractivity contribution in [3.63, 3.8) is 0 Å². The maximum absolute atomic E-state index is 13.7. The molecule has 0 saturated carbocycles. The fourth-order valence-corrected chi connectivity index (χ4v) is 5.28. The monoisotopic (exact) mass is 560 g/mol. The number of carbonyl (C=O) groups excluding carboxylic acids is 2. The minimum atomic E-state index is -1.10. The lowest BCUT2D eigenvalue weighted by Gasteiger charge is -2.29. The summed E-state index contributed by atoms with van der Waals surface area (Å²) in [7, 11) is 0. The van der Waals surface area contributed by atoms with Crippen LogP contribution in [0.2, 0.25) is 0 Å². The van der Waals surface area contributed by atoms with Gasteiger partial charge in [-0.05, 0) is 74.4 Å². The van der Waals surface area contributed by atoms with Crippen LogP contribution in [0.3, 0.4) is 0 Å². The van der Waals surface area contributed by atoms with Crippen LogP contribution in [0.4, 0.5) is 4.79 Å². The zero-order valence-electron chi connectivity index (χ0n) is 23.8. The second-order valence-electron chi connectivity index (χ2n) is 11.8. The standard InChI is InChI=1S/C33H40N2O6/c1-33(2,3)41-32(40)34-27(18-22-13-15-25(36)16-14-22)28(37)20-24(17-21-9-5-4-6-10-21)31(39)35-30-26-12-8-7-11-23(26)19-29(30)38/h4-16,24,27-30,36-38H,17-20H2,1-3H3,(H,34,40)(H,35,39)/t24?,27?,28?,29-,30-/m1/s1. The predicted octanol–water partition coefficient (Wildman–Crippen LogP) is 4.21. The quantitative estimate of drug-likeness (QED) is 0.253. The van der Waals surface area contributed by atoms with Gasteiger partial charge in [0.15, 0.2) is 0 Å². The van der Waals surface area contributed by atoms with Crippen LogP contribution in [0.15, 0.2) is 78.9 Å². The third kappa shape index (κ3) is 8.55. The summed E-state index contributed by atoms with van der Waals surface area (Å²) in [5.74, 6) is -0.814. The molecular weight excluding hydrogens is 520 g/mol. The van der Waals surface area contributed by atoms with Gasteiger partial charge in [-0.1, -0.05) is 66.7 Å². The van der Waals surface area contributed by atoms with E-state index in [-0.39, 0.29) is 24.5 Å². The van der Waals surface area contributed by atoms with E-state index in [0.717, 1.165) is 22.3 Å². The first-order valence-corrected chi connectivity index (χ1v) is 14.0. The summed E-state index contributed by atoms with van der Waals surface area (Å²) in [6.07, 6.45) is -1.37. The molecule has 8 nitrogen and oxygen atoms in total. The number of aliphatic hydroxyl groups excluding tert-OH is 2. The van der Waals surface area contributed by atoms with Gasteiger partial charge in [-0.2, -0.15) is 0 Å². The lowest BCUT2D eigenvalue weighted by atomic mass is 9.88. The third-order valence-corrected chi connectivity index (χ3v) is 7.28. The maximum atomic E-state index is 13.7. The Morgan fingerprint density at radius 3 is 2.24 bits per heavy atom. The van der Waals surface area contributed by atoms with E-state index in [1.807, 2.05) is 54.6 Å². The molecule has 0 bridgehead atoms. The summed E-state index contributed by atoms with van der Waals surface area (Å²) in [4.78, 5) is 26.5. The Morgan fingerprint density at radius 2 is 1.56 bits per heavy atom. The Labute approximate surface area is 241 Å². The minimum absolute atomic E-state index is 0.0593. The van der Waals surface area contributed by atoms with E-state index in [1.165, 1.54) is 0 Å². The van der Waals surface area contributed by atoms with Crippen molar-refractivity contribution in [2.75, 3.05) is 0 Å². The SMILES string of the molecule is CC(C)(C)OC(=O)NC(Cc1ccc(O)cc1)C(O)CC(Cc1ccccc1)C(=O)N[C@@H]1c2ccccc2C[C@H]1O. The smallest absolute Gasteiger partial charge is 0.407 e. The fraction of sp³-hybridized carbons (Fsp3) is 0.394. The summed E-state index contributed by atoms with van der Waals surface area (Å²) in [6, 6.07) is 22.4. The molecule has 0 radical (unpaired) electrons. The maximum Gasteiger partial charge on any atom is 0.407 e. The van der Waals surface area contributed by atoms with Crippen molar-refractivity contribution in [3.05, 3.63) is 101 Å². The topological polar surface area (TPSA) is 128 Å². The van der Waals surface area contributed by atoms with Crippen LogP contribution in [0.5, 0.6) is 5.75 Å². The Balaban J connectivity index is 1.55. The number of hydrogen-bond acceptors (Lipinski definition) is 6. The van der Waals surface area contributed by atoms with Crippen LogP contribution >= 0.6 is 0 Å². The summed E-state index contributed by atoms with van der Waals surface area (Å²) in [5.41, 5.74) is 2.89. The van der Waals surface area contributed by atoms with Gasteiger partial charge in [0.05, 0.1) is 24.3 Å². The number of aromatic hydroxyl groups is 1. The third-order valence-electron chi connectivity index (χ3n) is 7.28. The predicted molar refractivity (Wildman–Crippen MR) is 156 cm³/mol. The number of alkyl carbamates (subject to hydrolysis) is 1. The molecular formula is C33H40N2O6. The van der Waals surface area contributed by atoms with Gasteiger partial charge < -0.3 is 30.7 Å². The highest BCUT2D eigenvalue weighted by Crippen LogP contribution is 2.32. The molecule has 0 saturated heterocycles. The van der Waals surface area contributed by atoms with Gasteiger partial charge in [-0.3, -0.25) is 4.79 Å². The second kappa shape index (κ2) is 13.2. The Kier molecular flexibility index (Phi) is 9.68. The lowest BCUT2D eigenvalue weighted by molar-refractivity contribution is -0.127. The van der Waals surface area contributed by atoms with Crippen LogP contribution in [0.1, 0.15) is 55.5 Å². The summed E-state index contributed by atoms with van der Waals surface area (Å²) in [5, 5.41) is 37.7. The molecule has 0 fully saturated rings. The average Bonchev–Trinajstić information content (AvgIpc) is 3.23. The number of benzene rings is 3. The van der Waals surface area contributed by atoms with Crippen molar-refractivity contribution in [3.8, 4) is 5.75 Å². The zero-order valence-corrected chi connectivity index (χ0v) is 23.8. The molecule has 4 rings (SSSR count). The molecule has 8 heteroatoms. The first kappa shape index (κ1) is 30.1. The van der Waals surface area contributed by atoms with Crippen molar-refractivity contribution in [1.29, 1.82) is 0 Å². The highest BCUT2D eigenvalue weighted by atomic mass is 16.6. The van der Waals surface area contributed by atoms with Crippen molar-refractivity contribution >= 4 is 12.0 Å². The van der Waals surface area contributed by atoms with Crippen LogP contribution in [0.25, 0.3) is 0 Å². The highest BCUT2D eigenvalue weighted by molar-refractivity contribution is 5.80. The van der Waals surface area contributed by atoms with E-state index >= 15 is 0 Å². The molecule has 3 aromatic rings. The van der Waals surface area contributed by atoms with Gasteiger partial charge in [0, 0.05) is 12.3 Å². The molecule has 5 atom stereocenters. The number of nitrogens with one attached hydrogen (secondary N) is 2. The van der Waals surface area contributed by atoms with Crippen molar-refractivity contribution < 1.29 is 29.6 Å². The van der Waals surface area contributed by atoms with Crippen LogP contribution in [-0.2, 0) is 28.8 Å². The molecule has 0 spiro atoms. The van der Waals surface area contributed by atoms with E-state index in [9.17, 15) is 24.9 Å². The van der Waals surface area contributed by atoms with E-state index in [4.69, 9.17) is 4.74 Å². The molecule has 1 aliphatic carbocycles. The van der Waals surface area contributed by atoms with Crippen molar-refractivity contribution in [2.24, 2.45) is 5.92 Å². The molecule has 5 N–H and O–H groups in total. The second-order valence-corrected chi connectivity index (χ2v) is 11.8. The molecule has 1 aliphatic rings. The number of phenols is 1. The van der Waals surface area contributed by atoms with Crippen LogP contribution in [0, 0.1) is 5.92 Å².